The molecule has 0 aromatic carbocycles. The van der Waals surface area contributed by atoms with Gasteiger partial charge in [-0.2, -0.15) is 0 Å². The van der Waals surface area contributed by atoms with E-state index in [4.69, 9.17) is 0 Å². The number of rotatable bonds is 1. The molecule has 0 bridgehead atoms. The average molecular weight is 314 g/mol. The minimum Gasteiger partial charge on any atom is -0.249 e. The Kier molecular flexibility index (Phi) is 3.25. The van der Waals surface area contributed by atoms with Gasteiger partial charge >= 0.3 is 0 Å². The van der Waals surface area contributed by atoms with Crippen LogP contribution in [0.25, 0.3) is 0 Å². The maximum atomic E-state index is 11.5. The normalized spacial score (nSPS) is 12.0. The molecule has 0 spiro atoms. The topological polar surface area (TPSA) is 0 Å². The van der Waals surface area contributed by atoms with E-state index in [2.05, 4.69) is 45.2 Å². The quantitative estimate of drug-likeness (QED) is 0.515. The van der Waals surface area contributed by atoms with Crippen LogP contribution in [0.3, 0.4) is 0 Å². The van der Waals surface area contributed by atoms with Gasteiger partial charge in [0.25, 0.3) is 0 Å². The lowest BCUT2D eigenvalue weighted by Crippen LogP contribution is -2.04. The Hall–Kier alpha value is 1.39. The van der Waals surface area contributed by atoms with Crippen molar-refractivity contribution in [2.45, 2.75) is 8.35 Å². The average Bonchev–Trinajstić information content (AvgIpc) is 1.35. The molecule has 0 heterocycles. The van der Waals surface area contributed by atoms with E-state index in [-0.39, 0.29) is 8.10 Å². The van der Waals surface area contributed by atoms with Gasteiger partial charge in [0.2, 0.25) is 0 Å². The van der Waals surface area contributed by atoms with Crippen molar-refractivity contribution in [1.82, 2.24) is 0 Å². The van der Waals surface area contributed by atoms with Crippen LogP contribution in [-0.2, 0) is 0 Å². The summed E-state index contributed by atoms with van der Waals surface area (Å²) in [5, 5.41) is 0. The summed E-state index contributed by atoms with van der Waals surface area (Å²) in [6, 6.07) is 0. The molecular weight excluding hydrogens is 309 g/mol. The zero-order chi connectivity index (χ0) is 5.21. The monoisotopic (exact) mass is 314 g/mol. The fourth-order valence-electron chi connectivity index (χ4n) is 0. The van der Waals surface area contributed by atoms with E-state index in [9.17, 15) is 4.39 Å². The summed E-state index contributed by atoms with van der Waals surface area (Å²) in [5.74, 6) is 0. The van der Waals surface area contributed by atoms with Gasteiger partial charge in [-0.05, 0) is 6.92 Å². The first kappa shape index (κ1) is 7.39. The van der Waals surface area contributed by atoms with Crippen molar-refractivity contribution in [3.63, 3.8) is 0 Å². The van der Waals surface area contributed by atoms with E-state index in [0.717, 1.165) is 0 Å². The Morgan fingerprint density at radius 1 is 1.67 bits per heavy atom. The third-order valence-electron chi connectivity index (χ3n) is 0.235. The minimum absolute atomic E-state index is 0.185. The van der Waals surface area contributed by atoms with E-state index in [1.54, 1.807) is 0 Å². The third-order valence-corrected chi connectivity index (χ3v) is 0.811. The molecule has 6 heavy (non-hydrogen) atoms. The van der Waals surface area contributed by atoms with Gasteiger partial charge in [0, 0.05) is 0 Å². The molecular formula is C3H5FI2. The summed E-state index contributed by atoms with van der Waals surface area (Å²) in [7, 11) is 0. The lowest BCUT2D eigenvalue weighted by Gasteiger charge is -2.04. The molecule has 0 aromatic rings. The van der Waals surface area contributed by atoms with E-state index in [1.165, 1.54) is 0 Å². The molecule has 0 atom stereocenters. The summed E-state index contributed by atoms with van der Waals surface area (Å²) in [4.78, 5) is 0. The van der Waals surface area contributed by atoms with Crippen LogP contribution in [0, 0.1) is 0 Å². The predicted octanol–water partition coefficient (Wildman–Crippen LogP) is 2.54. The Bertz CT molecular complexity index is 38.5. The third kappa shape index (κ3) is 5.39. The molecule has 0 aliphatic heterocycles. The molecule has 0 amide bonds. The van der Waals surface area contributed by atoms with Crippen molar-refractivity contribution in [3.8, 4) is 0 Å². The molecule has 0 rings (SSSR count). The highest BCUT2D eigenvalue weighted by atomic mass is 127. The SMILES string of the molecule is CC(I)(I)CF. The maximum absolute atomic E-state index is 11.5. The second kappa shape index (κ2) is 2.64. The molecule has 0 fully saturated rings. The van der Waals surface area contributed by atoms with Gasteiger partial charge < -0.3 is 0 Å². The minimum atomic E-state index is -0.256. The maximum Gasteiger partial charge on any atom is 0.113 e. The van der Waals surface area contributed by atoms with Gasteiger partial charge in [-0.25, -0.2) is 4.39 Å². The van der Waals surface area contributed by atoms with Crippen molar-refractivity contribution in [2.75, 3.05) is 6.67 Å². The molecule has 0 saturated carbocycles. The summed E-state index contributed by atoms with van der Waals surface area (Å²) in [5.41, 5.74) is 0. The number of hydrogen-bond acceptors (Lipinski definition) is 0. The second-order valence-electron chi connectivity index (χ2n) is 1.20. The van der Waals surface area contributed by atoms with Gasteiger partial charge in [-0.1, -0.05) is 45.2 Å². The number of halogens is 3. The Labute approximate surface area is 64.2 Å². The summed E-state index contributed by atoms with van der Waals surface area (Å²) >= 11 is 4.10. The Morgan fingerprint density at radius 2 is 1.83 bits per heavy atom. The number of alkyl halides is 3. The van der Waals surface area contributed by atoms with Crippen LogP contribution in [0.5, 0.6) is 0 Å². The standard InChI is InChI=1S/C3H5FI2/c1-3(5,6)2-4/h2H2,1H3. The van der Waals surface area contributed by atoms with Crippen LogP contribution in [0.1, 0.15) is 6.92 Å². The first-order valence-corrected chi connectivity index (χ1v) is 3.66. The molecule has 3 heteroatoms. The molecule has 0 saturated heterocycles. The molecule has 0 nitrogen and oxygen atoms in total. The first-order chi connectivity index (χ1) is 2.56. The fourth-order valence-corrected chi connectivity index (χ4v) is 0. The van der Waals surface area contributed by atoms with Crippen LogP contribution in [0.2, 0.25) is 0 Å². The summed E-state index contributed by atoms with van der Waals surface area (Å²) in [6.45, 7) is 1.59. The Morgan fingerprint density at radius 3 is 1.83 bits per heavy atom. The van der Waals surface area contributed by atoms with Crippen LogP contribution in [0.15, 0.2) is 0 Å². The zero-order valence-electron chi connectivity index (χ0n) is 3.34. The molecule has 0 aliphatic rings. The molecule has 0 aromatic heterocycles. The van der Waals surface area contributed by atoms with Gasteiger partial charge in [0.15, 0.2) is 0 Å². The van der Waals surface area contributed by atoms with Crippen molar-refractivity contribution in [3.05, 3.63) is 0 Å². The van der Waals surface area contributed by atoms with Crippen molar-refractivity contribution >= 4 is 45.2 Å². The smallest absolute Gasteiger partial charge is 0.113 e. The summed E-state index contributed by atoms with van der Waals surface area (Å²) in [6.07, 6.45) is 0. The zero-order valence-corrected chi connectivity index (χ0v) is 7.66. The lowest BCUT2D eigenvalue weighted by atomic mass is 10.6. The molecule has 0 radical (unpaired) electrons. The fraction of sp³-hybridized carbons (Fsp3) is 1.00. The molecule has 0 unspecified atom stereocenters. The van der Waals surface area contributed by atoms with E-state index < -0.39 is 0 Å². The van der Waals surface area contributed by atoms with Crippen molar-refractivity contribution < 1.29 is 4.39 Å². The lowest BCUT2D eigenvalue weighted by molar-refractivity contribution is 0.495. The highest BCUT2D eigenvalue weighted by Gasteiger charge is 2.12. The highest BCUT2D eigenvalue weighted by molar-refractivity contribution is 14.2. The van der Waals surface area contributed by atoms with Crippen LogP contribution in [-0.4, -0.2) is 8.10 Å². The van der Waals surface area contributed by atoms with Gasteiger partial charge in [0.05, 0.1) is 1.43 Å². The van der Waals surface area contributed by atoms with Crippen LogP contribution in [0.4, 0.5) is 4.39 Å². The molecule has 0 aliphatic carbocycles. The van der Waals surface area contributed by atoms with Crippen LogP contribution >= 0.6 is 45.2 Å². The van der Waals surface area contributed by atoms with E-state index in [1.807, 2.05) is 6.92 Å². The predicted molar refractivity (Wildman–Crippen MR) is 42.4 cm³/mol. The largest absolute Gasteiger partial charge is 0.249 e. The molecule has 0 N–H and O–H groups in total. The van der Waals surface area contributed by atoms with Crippen molar-refractivity contribution in [2.24, 2.45) is 0 Å². The van der Waals surface area contributed by atoms with Gasteiger partial charge in [-0.15, -0.1) is 0 Å². The van der Waals surface area contributed by atoms with E-state index >= 15 is 0 Å². The van der Waals surface area contributed by atoms with Crippen molar-refractivity contribution in [1.29, 1.82) is 0 Å². The first-order valence-electron chi connectivity index (χ1n) is 1.50. The van der Waals surface area contributed by atoms with Gasteiger partial charge in [0.1, 0.15) is 6.67 Å². The summed E-state index contributed by atoms with van der Waals surface area (Å²) < 4.78 is 11.3. The Balaban J connectivity index is 3.17. The molecule has 38 valence electrons. The van der Waals surface area contributed by atoms with Gasteiger partial charge in [-0.3, -0.25) is 0 Å². The van der Waals surface area contributed by atoms with E-state index in [0.29, 0.717) is 0 Å². The number of hydrogen-bond donors (Lipinski definition) is 0. The van der Waals surface area contributed by atoms with Crippen LogP contribution < -0.4 is 0 Å². The highest BCUT2D eigenvalue weighted by Crippen LogP contribution is 2.26. The second-order valence-corrected chi connectivity index (χ2v) is 8.03.